The molecular formula is C24H30FN5O3S2. The molecule has 1 aliphatic heterocycles. The molecule has 0 spiro atoms. The maximum Gasteiger partial charge on any atom is 0.318 e. The third kappa shape index (κ3) is 6.22. The van der Waals surface area contributed by atoms with Crippen LogP contribution in [0.1, 0.15) is 33.3 Å². The zero-order valence-electron chi connectivity index (χ0n) is 20.0. The normalized spacial score (nSPS) is 14.1. The van der Waals surface area contributed by atoms with Gasteiger partial charge in [-0.3, -0.25) is 4.79 Å². The van der Waals surface area contributed by atoms with Crippen LogP contribution in [0.15, 0.2) is 41.9 Å². The predicted octanol–water partition coefficient (Wildman–Crippen LogP) is 3.62. The molecule has 0 unspecified atom stereocenters. The molecule has 8 nitrogen and oxygen atoms in total. The van der Waals surface area contributed by atoms with Gasteiger partial charge in [0, 0.05) is 55.8 Å². The average molecular weight is 520 g/mol. The van der Waals surface area contributed by atoms with Crippen LogP contribution in [0.2, 0.25) is 0 Å². The van der Waals surface area contributed by atoms with Crippen molar-refractivity contribution in [1.29, 1.82) is 0 Å². The highest BCUT2D eigenvalue weighted by Crippen LogP contribution is 2.30. The van der Waals surface area contributed by atoms with Crippen molar-refractivity contribution in [2.24, 2.45) is 0 Å². The number of carbonyl (C=O) groups excluding carboxylic acids is 1. The number of hydrogen-bond donors (Lipinski definition) is 1. The highest BCUT2D eigenvalue weighted by molar-refractivity contribution is 7.59. The molecule has 1 N–H and O–H groups in total. The molecule has 2 aromatic heterocycles. The third-order valence-corrected chi connectivity index (χ3v) is 6.66. The molecule has 0 aliphatic carbocycles. The van der Waals surface area contributed by atoms with E-state index in [1.54, 1.807) is 28.4 Å². The van der Waals surface area contributed by atoms with Crippen LogP contribution in [-0.2, 0) is 6.54 Å². The fourth-order valence-electron chi connectivity index (χ4n) is 3.81. The summed E-state index contributed by atoms with van der Waals surface area (Å²) in [6.45, 7) is 1.90. The number of rotatable bonds is 9. The van der Waals surface area contributed by atoms with Crippen LogP contribution < -0.4 is 19.7 Å². The summed E-state index contributed by atoms with van der Waals surface area (Å²) in [6, 6.07) is 9.04. The van der Waals surface area contributed by atoms with Gasteiger partial charge in [0.2, 0.25) is 0 Å². The van der Waals surface area contributed by atoms with Gasteiger partial charge in [-0.05, 0) is 31.1 Å². The third-order valence-electron chi connectivity index (χ3n) is 5.69. The lowest BCUT2D eigenvalue weighted by Gasteiger charge is -2.22. The second-order valence-electron chi connectivity index (χ2n) is 8.01. The number of nitrogens with zero attached hydrogens (tertiary/aromatic N) is 4. The van der Waals surface area contributed by atoms with E-state index < -0.39 is 5.82 Å². The average Bonchev–Trinajstić information content (AvgIpc) is 3.36. The minimum absolute atomic E-state index is 0. The maximum atomic E-state index is 15.1. The number of ether oxygens (including phenoxy) is 2. The molecule has 0 bridgehead atoms. The molecule has 1 amide bonds. The van der Waals surface area contributed by atoms with E-state index in [0.29, 0.717) is 35.8 Å². The number of nitrogens with one attached hydrogen (secondary N) is 1. The lowest BCUT2D eigenvalue weighted by Crippen LogP contribution is -2.33. The Morgan fingerprint density at radius 2 is 2.11 bits per heavy atom. The predicted molar refractivity (Wildman–Crippen MR) is 140 cm³/mol. The molecule has 11 heteroatoms. The maximum absolute atomic E-state index is 15.1. The van der Waals surface area contributed by atoms with Gasteiger partial charge in [-0.1, -0.05) is 12.1 Å². The number of fused-ring (bicyclic) bond motifs is 1. The number of benzene rings is 1. The molecule has 4 rings (SSSR count). The number of carbonyl (C=O) groups is 1. The molecule has 188 valence electrons. The van der Waals surface area contributed by atoms with Crippen LogP contribution in [-0.4, -0.2) is 61.6 Å². The quantitative estimate of drug-likeness (QED) is 0.463. The molecule has 0 radical (unpaired) electrons. The minimum atomic E-state index is -0.410. The number of aromatic nitrogens is 2. The van der Waals surface area contributed by atoms with E-state index in [4.69, 9.17) is 9.47 Å². The number of likely N-dealkylation sites (N-methyl/N-ethyl adjacent to an activating group) is 1. The first-order valence-corrected chi connectivity index (χ1v) is 11.9. The van der Waals surface area contributed by atoms with Gasteiger partial charge >= 0.3 is 6.01 Å². The van der Waals surface area contributed by atoms with Crippen molar-refractivity contribution in [3.63, 3.8) is 0 Å². The smallest absolute Gasteiger partial charge is 0.318 e. The van der Waals surface area contributed by atoms with Crippen LogP contribution in [0.3, 0.4) is 0 Å². The summed E-state index contributed by atoms with van der Waals surface area (Å²) in [5.41, 5.74) is 0.786. The summed E-state index contributed by atoms with van der Waals surface area (Å²) in [4.78, 5) is 26.1. The van der Waals surface area contributed by atoms with E-state index in [2.05, 4.69) is 15.3 Å². The van der Waals surface area contributed by atoms with Crippen molar-refractivity contribution in [2.75, 3.05) is 45.7 Å². The SMILES string of the molecule is CNCC[C@H](Oc1ccc(CN2CCN(C)c3nc(OC)ncc3C2=O)c(F)c1)c1cccs1.S. The Hall–Kier alpha value is -2.89. The van der Waals surface area contributed by atoms with Crippen LogP contribution in [0.4, 0.5) is 10.2 Å². The van der Waals surface area contributed by atoms with Crippen LogP contribution in [0.5, 0.6) is 11.8 Å². The largest absolute Gasteiger partial charge is 0.485 e. The number of anilines is 1. The topological polar surface area (TPSA) is 79.8 Å². The van der Waals surface area contributed by atoms with E-state index in [9.17, 15) is 4.79 Å². The zero-order valence-corrected chi connectivity index (χ0v) is 21.8. The van der Waals surface area contributed by atoms with Gasteiger partial charge in [0.15, 0.2) is 0 Å². The lowest BCUT2D eigenvalue weighted by molar-refractivity contribution is 0.0752. The van der Waals surface area contributed by atoms with Crippen LogP contribution in [0.25, 0.3) is 0 Å². The molecule has 0 saturated heterocycles. The summed E-state index contributed by atoms with van der Waals surface area (Å²) >= 11 is 1.62. The first kappa shape index (κ1) is 26.7. The number of amides is 1. The van der Waals surface area contributed by atoms with Gasteiger partial charge in [0.05, 0.1) is 7.11 Å². The second kappa shape index (κ2) is 12.2. The fraction of sp³-hybridized carbons (Fsp3) is 0.375. The van der Waals surface area contributed by atoms with E-state index in [1.165, 1.54) is 19.4 Å². The van der Waals surface area contributed by atoms with Gasteiger partial charge in [0.25, 0.3) is 5.91 Å². The Balaban J connectivity index is 0.00000342. The first-order chi connectivity index (χ1) is 16.5. The highest BCUT2D eigenvalue weighted by Gasteiger charge is 2.28. The zero-order chi connectivity index (χ0) is 24.1. The van der Waals surface area contributed by atoms with Gasteiger partial charge < -0.3 is 24.6 Å². The molecule has 1 aromatic carbocycles. The van der Waals surface area contributed by atoms with Gasteiger partial charge in [-0.15, -0.1) is 11.3 Å². The Morgan fingerprint density at radius 1 is 1.29 bits per heavy atom. The van der Waals surface area contributed by atoms with Crippen molar-refractivity contribution in [2.45, 2.75) is 19.1 Å². The number of methoxy groups -OCH3 is 1. The standard InChI is InChI=1S/C24H28FN5O3S.H2S/c1-26-9-8-20(21-5-4-12-34-21)33-17-7-6-16(19(25)13-17)15-30-11-10-29(2)22-18(23(30)31)14-27-24(28-22)32-3;/h4-7,12-14,20,26H,8-11,15H2,1-3H3;1H2/t20-;/m0./s1. The van der Waals surface area contributed by atoms with Crippen molar-refractivity contribution < 1.29 is 18.7 Å². The van der Waals surface area contributed by atoms with Gasteiger partial charge in [-0.25, -0.2) is 9.37 Å². The van der Waals surface area contributed by atoms with Crippen molar-refractivity contribution in [1.82, 2.24) is 20.2 Å². The molecule has 3 aromatic rings. The fourth-order valence-corrected chi connectivity index (χ4v) is 4.59. The van der Waals surface area contributed by atoms with E-state index in [-0.39, 0.29) is 38.1 Å². The van der Waals surface area contributed by atoms with E-state index >= 15 is 4.39 Å². The number of halogens is 1. The number of thiophene rings is 1. The first-order valence-electron chi connectivity index (χ1n) is 11.0. The van der Waals surface area contributed by atoms with Crippen molar-refractivity contribution in [3.05, 3.63) is 63.7 Å². The summed E-state index contributed by atoms with van der Waals surface area (Å²) in [6.07, 6.45) is 2.07. The molecule has 1 atom stereocenters. The van der Waals surface area contributed by atoms with Crippen LogP contribution >= 0.6 is 24.8 Å². The van der Waals surface area contributed by atoms with Gasteiger partial charge in [-0.2, -0.15) is 18.5 Å². The second-order valence-corrected chi connectivity index (χ2v) is 8.99. The summed E-state index contributed by atoms with van der Waals surface area (Å²) in [7, 11) is 5.22. The molecule has 35 heavy (non-hydrogen) atoms. The Morgan fingerprint density at radius 3 is 2.80 bits per heavy atom. The Kier molecular flexibility index (Phi) is 9.30. The van der Waals surface area contributed by atoms with Crippen LogP contribution in [0, 0.1) is 5.82 Å². The number of hydrogen-bond acceptors (Lipinski definition) is 8. The summed E-state index contributed by atoms with van der Waals surface area (Å²) in [5, 5.41) is 5.14. The highest BCUT2D eigenvalue weighted by atomic mass is 32.1. The lowest BCUT2D eigenvalue weighted by atomic mass is 10.1. The molecule has 0 saturated carbocycles. The Labute approximate surface area is 215 Å². The molecule has 3 heterocycles. The van der Waals surface area contributed by atoms with Gasteiger partial charge in [0.1, 0.15) is 29.1 Å². The molecule has 0 fully saturated rings. The summed E-state index contributed by atoms with van der Waals surface area (Å²) in [5.74, 6) is 0.312. The summed E-state index contributed by atoms with van der Waals surface area (Å²) < 4.78 is 26.3. The minimum Gasteiger partial charge on any atom is -0.485 e. The molecular weight excluding hydrogens is 489 g/mol. The van der Waals surface area contributed by atoms with E-state index in [0.717, 1.165) is 17.8 Å². The Bertz CT molecular complexity index is 1130. The van der Waals surface area contributed by atoms with Crippen molar-refractivity contribution in [3.8, 4) is 11.8 Å². The van der Waals surface area contributed by atoms with Crippen molar-refractivity contribution >= 4 is 36.6 Å². The monoisotopic (exact) mass is 519 g/mol. The van der Waals surface area contributed by atoms with E-state index in [1.807, 2.05) is 36.5 Å². The molecule has 1 aliphatic rings.